The Balaban J connectivity index is 2.52. The highest BCUT2D eigenvalue weighted by Crippen LogP contribution is 2.21. The van der Waals surface area contributed by atoms with E-state index < -0.39 is 5.60 Å². The molecule has 1 aromatic rings. The number of amides is 1. The summed E-state index contributed by atoms with van der Waals surface area (Å²) in [5.41, 5.74) is -0.458. The number of carbonyl (C=O) groups is 1. The highest BCUT2D eigenvalue weighted by molar-refractivity contribution is 7.10. The van der Waals surface area contributed by atoms with E-state index in [9.17, 15) is 4.79 Å². The molecule has 1 rings (SSSR count). The lowest BCUT2D eigenvalue weighted by Gasteiger charge is -2.30. The van der Waals surface area contributed by atoms with Crippen LogP contribution >= 0.6 is 11.3 Å². The zero-order chi connectivity index (χ0) is 16.8. The van der Waals surface area contributed by atoms with Crippen molar-refractivity contribution >= 4 is 17.4 Å². The molecule has 0 spiro atoms. The number of hydrogen-bond acceptors (Lipinski definition) is 4. The van der Waals surface area contributed by atoms with E-state index in [0.29, 0.717) is 12.6 Å². The number of nitrogens with zero attached hydrogens (tertiary/aromatic N) is 1. The van der Waals surface area contributed by atoms with Gasteiger partial charge >= 0.3 is 6.09 Å². The van der Waals surface area contributed by atoms with Crippen LogP contribution in [0.15, 0.2) is 17.5 Å². The van der Waals surface area contributed by atoms with Gasteiger partial charge in [0.2, 0.25) is 0 Å². The number of carbonyl (C=O) groups excluding carboxylic acids is 1. The molecule has 4 nitrogen and oxygen atoms in total. The molecule has 126 valence electrons. The summed E-state index contributed by atoms with van der Waals surface area (Å²) in [5.74, 6) is 0. The lowest BCUT2D eigenvalue weighted by Crippen LogP contribution is -2.44. The van der Waals surface area contributed by atoms with Gasteiger partial charge in [-0.25, -0.2) is 4.79 Å². The van der Waals surface area contributed by atoms with Gasteiger partial charge in [0.15, 0.2) is 0 Å². The predicted molar refractivity (Wildman–Crippen MR) is 93.4 cm³/mol. The summed E-state index contributed by atoms with van der Waals surface area (Å²) in [5, 5.41) is 5.63. The Hall–Kier alpha value is -1.07. The summed E-state index contributed by atoms with van der Waals surface area (Å²) < 4.78 is 5.48. The summed E-state index contributed by atoms with van der Waals surface area (Å²) >= 11 is 1.77. The first-order chi connectivity index (χ1) is 10.2. The van der Waals surface area contributed by atoms with E-state index in [1.165, 1.54) is 4.88 Å². The van der Waals surface area contributed by atoms with E-state index in [-0.39, 0.29) is 12.1 Å². The molecule has 0 aliphatic carbocycles. The Morgan fingerprint density at radius 2 is 2.09 bits per heavy atom. The van der Waals surface area contributed by atoms with Gasteiger partial charge < -0.3 is 15.0 Å². The van der Waals surface area contributed by atoms with Gasteiger partial charge in [-0.3, -0.25) is 0 Å². The van der Waals surface area contributed by atoms with Gasteiger partial charge in [0.05, 0.1) is 0 Å². The van der Waals surface area contributed by atoms with Crippen molar-refractivity contribution in [2.75, 3.05) is 13.1 Å². The molecule has 0 saturated carbocycles. The molecule has 0 aromatic carbocycles. The molecule has 0 saturated heterocycles. The molecule has 1 N–H and O–H groups in total. The van der Waals surface area contributed by atoms with E-state index in [1.807, 2.05) is 34.6 Å². The third-order valence-electron chi connectivity index (χ3n) is 3.29. The van der Waals surface area contributed by atoms with Gasteiger partial charge in [0.1, 0.15) is 5.60 Å². The molecule has 0 aliphatic rings. The van der Waals surface area contributed by atoms with Crippen molar-refractivity contribution in [3.63, 3.8) is 0 Å². The average molecular weight is 327 g/mol. The number of rotatable bonds is 7. The third-order valence-corrected chi connectivity index (χ3v) is 4.28. The molecule has 0 aliphatic heterocycles. The molecular weight excluding hydrogens is 296 g/mol. The second kappa shape index (κ2) is 8.53. The summed E-state index contributed by atoms with van der Waals surface area (Å²) in [4.78, 5) is 15.4. The van der Waals surface area contributed by atoms with Crippen LogP contribution < -0.4 is 5.32 Å². The van der Waals surface area contributed by atoms with Gasteiger partial charge in [0, 0.05) is 30.1 Å². The third kappa shape index (κ3) is 6.36. The lowest BCUT2D eigenvalue weighted by molar-refractivity contribution is 0.0192. The minimum Gasteiger partial charge on any atom is -0.444 e. The SMILES string of the molecule is CCC(NCCN(C(=O)OC(C)(C)C)C(C)C)c1cccs1. The number of thiophene rings is 1. The Morgan fingerprint density at radius 3 is 2.55 bits per heavy atom. The normalized spacial score (nSPS) is 13.2. The zero-order valence-corrected chi connectivity index (χ0v) is 15.5. The molecule has 1 heterocycles. The van der Waals surface area contributed by atoms with Crippen molar-refractivity contribution in [3.05, 3.63) is 22.4 Å². The second-order valence-corrected chi connectivity index (χ2v) is 7.68. The van der Waals surface area contributed by atoms with E-state index in [0.717, 1.165) is 13.0 Å². The van der Waals surface area contributed by atoms with Crippen molar-refractivity contribution in [2.45, 2.75) is 65.6 Å². The van der Waals surface area contributed by atoms with Crippen LogP contribution in [0.1, 0.15) is 58.9 Å². The van der Waals surface area contributed by atoms with Crippen LogP contribution in [0.5, 0.6) is 0 Å². The standard InChI is InChI=1S/C17H30N2O2S/c1-7-14(15-9-8-12-22-15)18-10-11-19(13(2)3)16(20)21-17(4,5)6/h8-9,12-14,18H,7,10-11H2,1-6H3. The maximum Gasteiger partial charge on any atom is 0.410 e. The fourth-order valence-corrected chi connectivity index (χ4v) is 3.06. The highest BCUT2D eigenvalue weighted by atomic mass is 32.1. The summed E-state index contributed by atoms with van der Waals surface area (Å²) in [7, 11) is 0. The van der Waals surface area contributed by atoms with Crippen molar-refractivity contribution in [3.8, 4) is 0 Å². The quantitative estimate of drug-likeness (QED) is 0.805. The average Bonchev–Trinajstić information content (AvgIpc) is 2.90. The summed E-state index contributed by atoms with van der Waals surface area (Å²) in [6.45, 7) is 13.3. The van der Waals surface area contributed by atoms with Gasteiger partial charge in [-0.05, 0) is 52.5 Å². The van der Waals surface area contributed by atoms with Crippen LogP contribution in [0.2, 0.25) is 0 Å². The Bertz CT molecular complexity index is 438. The molecule has 1 unspecified atom stereocenters. The van der Waals surface area contributed by atoms with E-state index >= 15 is 0 Å². The molecule has 1 aromatic heterocycles. The van der Waals surface area contributed by atoms with Crippen LogP contribution in [0, 0.1) is 0 Å². The fraction of sp³-hybridized carbons (Fsp3) is 0.706. The maximum atomic E-state index is 12.3. The number of hydrogen-bond donors (Lipinski definition) is 1. The zero-order valence-electron chi connectivity index (χ0n) is 14.7. The summed E-state index contributed by atoms with van der Waals surface area (Å²) in [6, 6.07) is 4.71. The molecule has 5 heteroatoms. The van der Waals surface area contributed by atoms with Gasteiger partial charge in [-0.15, -0.1) is 11.3 Å². The van der Waals surface area contributed by atoms with Crippen LogP contribution in [0.25, 0.3) is 0 Å². The van der Waals surface area contributed by atoms with Crippen molar-refractivity contribution in [1.82, 2.24) is 10.2 Å². The number of nitrogens with one attached hydrogen (secondary N) is 1. The minimum atomic E-state index is -0.458. The smallest absolute Gasteiger partial charge is 0.410 e. The molecule has 1 amide bonds. The van der Waals surface area contributed by atoms with Crippen molar-refractivity contribution in [2.24, 2.45) is 0 Å². The molecular formula is C17H30N2O2S. The maximum absolute atomic E-state index is 12.3. The predicted octanol–water partition coefficient (Wildman–Crippen LogP) is 4.43. The summed E-state index contributed by atoms with van der Waals surface area (Å²) in [6.07, 6.45) is 0.794. The monoisotopic (exact) mass is 326 g/mol. The molecule has 0 fully saturated rings. The van der Waals surface area contributed by atoms with Gasteiger partial charge in [-0.2, -0.15) is 0 Å². The van der Waals surface area contributed by atoms with Crippen LogP contribution in [-0.4, -0.2) is 35.7 Å². The molecule has 0 radical (unpaired) electrons. The first-order valence-electron chi connectivity index (χ1n) is 8.01. The van der Waals surface area contributed by atoms with Crippen LogP contribution in [0.3, 0.4) is 0 Å². The van der Waals surface area contributed by atoms with Crippen LogP contribution in [-0.2, 0) is 4.74 Å². The van der Waals surface area contributed by atoms with Crippen molar-refractivity contribution < 1.29 is 9.53 Å². The van der Waals surface area contributed by atoms with Gasteiger partial charge in [-0.1, -0.05) is 13.0 Å². The fourth-order valence-electron chi connectivity index (χ4n) is 2.18. The Labute approximate surface area is 138 Å². The second-order valence-electron chi connectivity index (χ2n) is 6.70. The number of ether oxygens (including phenoxy) is 1. The van der Waals surface area contributed by atoms with E-state index in [4.69, 9.17) is 4.74 Å². The van der Waals surface area contributed by atoms with E-state index in [2.05, 4.69) is 29.8 Å². The minimum absolute atomic E-state index is 0.124. The highest BCUT2D eigenvalue weighted by Gasteiger charge is 2.24. The molecule has 1 atom stereocenters. The first kappa shape index (κ1) is 19.0. The molecule has 22 heavy (non-hydrogen) atoms. The Morgan fingerprint density at radius 1 is 1.41 bits per heavy atom. The van der Waals surface area contributed by atoms with E-state index in [1.54, 1.807) is 16.2 Å². The topological polar surface area (TPSA) is 41.6 Å². The molecule has 0 bridgehead atoms. The first-order valence-corrected chi connectivity index (χ1v) is 8.89. The largest absolute Gasteiger partial charge is 0.444 e. The van der Waals surface area contributed by atoms with Gasteiger partial charge in [0.25, 0.3) is 0 Å². The van der Waals surface area contributed by atoms with Crippen molar-refractivity contribution in [1.29, 1.82) is 0 Å². The van der Waals surface area contributed by atoms with Crippen LogP contribution in [0.4, 0.5) is 4.79 Å². The Kier molecular flexibility index (Phi) is 7.36. The lowest BCUT2D eigenvalue weighted by atomic mass is 10.2.